The number of carbonyl (C=O) groups excluding carboxylic acids is 1. The molecule has 0 aromatic heterocycles. The molecular formula is C15H21N5O3. The van der Waals surface area contributed by atoms with Crippen LogP contribution in [0, 0.1) is 10.1 Å². The van der Waals surface area contributed by atoms with Crippen molar-refractivity contribution in [2.75, 3.05) is 44.6 Å². The number of benzene rings is 1. The molecule has 0 spiro atoms. The Bertz CT molecular complexity index is 563. The summed E-state index contributed by atoms with van der Waals surface area (Å²) in [4.78, 5) is 26.7. The smallest absolute Gasteiger partial charge is 0.321 e. The molecule has 1 atom stereocenters. The summed E-state index contributed by atoms with van der Waals surface area (Å²) >= 11 is 0. The Morgan fingerprint density at radius 2 is 1.91 bits per heavy atom. The highest BCUT2D eigenvalue weighted by molar-refractivity contribution is 5.89. The Morgan fingerprint density at radius 1 is 1.22 bits per heavy atom. The van der Waals surface area contributed by atoms with Gasteiger partial charge in [-0.2, -0.15) is 0 Å². The molecule has 124 valence electrons. The van der Waals surface area contributed by atoms with E-state index in [-0.39, 0.29) is 11.7 Å². The van der Waals surface area contributed by atoms with Crippen LogP contribution < -0.4 is 10.6 Å². The molecule has 0 bridgehead atoms. The zero-order chi connectivity index (χ0) is 16.2. The predicted octanol–water partition coefficient (Wildman–Crippen LogP) is 1.11. The van der Waals surface area contributed by atoms with Crippen molar-refractivity contribution in [2.45, 2.75) is 12.5 Å². The van der Waals surface area contributed by atoms with Crippen LogP contribution in [0.25, 0.3) is 0 Å². The molecule has 2 heterocycles. The Morgan fingerprint density at radius 3 is 2.48 bits per heavy atom. The second-order valence-electron chi connectivity index (χ2n) is 5.90. The fourth-order valence-electron chi connectivity index (χ4n) is 3.11. The van der Waals surface area contributed by atoms with Gasteiger partial charge in [-0.05, 0) is 25.1 Å². The minimum absolute atomic E-state index is 0.0155. The summed E-state index contributed by atoms with van der Waals surface area (Å²) in [6.45, 7) is 5.30. The largest absolute Gasteiger partial charge is 0.322 e. The first-order chi connectivity index (χ1) is 11.1. The topological polar surface area (TPSA) is 90.7 Å². The molecule has 0 saturated carbocycles. The summed E-state index contributed by atoms with van der Waals surface area (Å²) in [6, 6.07) is 6.33. The molecule has 2 amide bonds. The third kappa shape index (κ3) is 3.77. The highest BCUT2D eigenvalue weighted by Gasteiger charge is 2.27. The molecule has 2 fully saturated rings. The van der Waals surface area contributed by atoms with Crippen LogP contribution in [0.2, 0.25) is 0 Å². The number of hydrogen-bond donors (Lipinski definition) is 2. The summed E-state index contributed by atoms with van der Waals surface area (Å²) in [5.74, 6) is 0. The van der Waals surface area contributed by atoms with Crippen molar-refractivity contribution < 1.29 is 9.72 Å². The van der Waals surface area contributed by atoms with Gasteiger partial charge in [0.2, 0.25) is 0 Å². The molecule has 2 saturated heterocycles. The third-order valence-electron chi connectivity index (χ3n) is 4.48. The Kier molecular flexibility index (Phi) is 4.73. The van der Waals surface area contributed by atoms with Crippen LogP contribution in [0.1, 0.15) is 6.42 Å². The molecule has 1 aromatic carbocycles. The van der Waals surface area contributed by atoms with Crippen LogP contribution in [0.3, 0.4) is 0 Å². The number of nitro groups is 1. The number of carbonyl (C=O) groups is 1. The highest BCUT2D eigenvalue weighted by atomic mass is 16.6. The number of nitrogens with zero attached hydrogens (tertiary/aromatic N) is 3. The van der Waals surface area contributed by atoms with Crippen LogP contribution in [0.4, 0.5) is 16.2 Å². The van der Waals surface area contributed by atoms with Crippen LogP contribution in [-0.2, 0) is 0 Å². The number of rotatable bonds is 3. The van der Waals surface area contributed by atoms with Crippen LogP contribution in [0.5, 0.6) is 0 Å². The minimum Gasteiger partial charge on any atom is -0.322 e. The van der Waals surface area contributed by atoms with Crippen molar-refractivity contribution in [3.8, 4) is 0 Å². The van der Waals surface area contributed by atoms with E-state index in [0.717, 1.165) is 26.2 Å². The second kappa shape index (κ2) is 6.93. The zero-order valence-electron chi connectivity index (χ0n) is 12.9. The summed E-state index contributed by atoms with van der Waals surface area (Å²) < 4.78 is 0. The molecule has 2 aliphatic heterocycles. The minimum atomic E-state index is -0.456. The van der Waals surface area contributed by atoms with Gasteiger partial charge in [0.1, 0.15) is 0 Å². The number of urea groups is 1. The first-order valence-electron chi connectivity index (χ1n) is 7.88. The van der Waals surface area contributed by atoms with E-state index in [1.807, 2.05) is 0 Å². The Hall–Kier alpha value is -2.19. The van der Waals surface area contributed by atoms with Crippen LogP contribution in [-0.4, -0.2) is 66.1 Å². The van der Waals surface area contributed by atoms with Gasteiger partial charge in [0.25, 0.3) is 5.69 Å². The quantitative estimate of drug-likeness (QED) is 0.643. The number of hydrogen-bond acceptors (Lipinski definition) is 5. The van der Waals surface area contributed by atoms with Gasteiger partial charge in [0, 0.05) is 56.6 Å². The molecule has 0 aliphatic carbocycles. The van der Waals surface area contributed by atoms with E-state index in [1.54, 1.807) is 17.0 Å². The Labute approximate surface area is 134 Å². The van der Waals surface area contributed by atoms with Gasteiger partial charge in [-0.15, -0.1) is 0 Å². The Balaban J connectivity index is 1.50. The fraction of sp³-hybridized carbons (Fsp3) is 0.533. The SMILES string of the molecule is O=C(Nc1ccc([N+](=O)[O-])cc1)N1CCN(C2CCNC2)CC1. The van der Waals surface area contributed by atoms with Gasteiger partial charge in [-0.25, -0.2) is 4.79 Å². The van der Waals surface area contributed by atoms with Crippen molar-refractivity contribution >= 4 is 17.4 Å². The van der Waals surface area contributed by atoms with E-state index in [4.69, 9.17) is 0 Å². The van der Waals surface area contributed by atoms with Crippen molar-refractivity contribution in [1.29, 1.82) is 0 Å². The highest BCUT2D eigenvalue weighted by Crippen LogP contribution is 2.17. The normalized spacial score (nSPS) is 22.1. The molecule has 1 unspecified atom stereocenters. The standard InChI is InChI=1S/C15H21N5O3/c21-15(17-12-1-3-13(4-2-12)20(22)23)19-9-7-18(8-10-19)14-5-6-16-11-14/h1-4,14,16H,5-11H2,(H,17,21). The van der Waals surface area contributed by atoms with Crippen LogP contribution >= 0.6 is 0 Å². The number of anilines is 1. The maximum atomic E-state index is 12.3. The van der Waals surface area contributed by atoms with Crippen molar-refractivity contribution in [2.24, 2.45) is 0 Å². The van der Waals surface area contributed by atoms with E-state index in [0.29, 0.717) is 24.8 Å². The molecule has 8 heteroatoms. The molecule has 2 aliphatic rings. The summed E-state index contributed by atoms with van der Waals surface area (Å²) in [7, 11) is 0. The molecule has 2 N–H and O–H groups in total. The van der Waals surface area contributed by atoms with E-state index in [1.165, 1.54) is 18.6 Å². The number of non-ortho nitro benzene ring substituents is 1. The maximum absolute atomic E-state index is 12.3. The molecule has 23 heavy (non-hydrogen) atoms. The molecule has 8 nitrogen and oxygen atoms in total. The molecule has 1 aromatic rings. The lowest BCUT2D eigenvalue weighted by molar-refractivity contribution is -0.384. The van der Waals surface area contributed by atoms with Crippen molar-refractivity contribution in [3.05, 3.63) is 34.4 Å². The molecule has 3 rings (SSSR count). The van der Waals surface area contributed by atoms with Gasteiger partial charge in [-0.3, -0.25) is 15.0 Å². The summed E-state index contributed by atoms with van der Waals surface area (Å²) in [5.41, 5.74) is 0.588. The lowest BCUT2D eigenvalue weighted by Crippen LogP contribution is -2.53. The summed E-state index contributed by atoms with van der Waals surface area (Å²) in [5, 5.41) is 16.8. The van der Waals surface area contributed by atoms with Gasteiger partial charge in [-0.1, -0.05) is 0 Å². The third-order valence-corrected chi connectivity index (χ3v) is 4.48. The van der Waals surface area contributed by atoms with E-state index in [2.05, 4.69) is 15.5 Å². The summed E-state index contributed by atoms with van der Waals surface area (Å²) in [6.07, 6.45) is 1.18. The maximum Gasteiger partial charge on any atom is 0.321 e. The van der Waals surface area contributed by atoms with Gasteiger partial charge >= 0.3 is 6.03 Å². The average Bonchev–Trinajstić information content (AvgIpc) is 3.10. The first-order valence-corrected chi connectivity index (χ1v) is 7.88. The van der Waals surface area contributed by atoms with E-state index >= 15 is 0 Å². The zero-order valence-corrected chi connectivity index (χ0v) is 12.9. The number of nitro benzene ring substituents is 1. The predicted molar refractivity (Wildman–Crippen MR) is 86.5 cm³/mol. The van der Waals surface area contributed by atoms with E-state index < -0.39 is 4.92 Å². The lowest BCUT2D eigenvalue weighted by Gasteiger charge is -2.37. The second-order valence-corrected chi connectivity index (χ2v) is 5.90. The lowest BCUT2D eigenvalue weighted by atomic mass is 10.2. The number of piperazine rings is 1. The van der Waals surface area contributed by atoms with Crippen molar-refractivity contribution in [1.82, 2.24) is 15.1 Å². The molecular weight excluding hydrogens is 298 g/mol. The number of nitrogens with one attached hydrogen (secondary N) is 2. The fourth-order valence-corrected chi connectivity index (χ4v) is 3.11. The average molecular weight is 319 g/mol. The van der Waals surface area contributed by atoms with Gasteiger partial charge < -0.3 is 15.5 Å². The van der Waals surface area contributed by atoms with Gasteiger partial charge in [0.05, 0.1) is 4.92 Å². The first kappa shape index (κ1) is 15.7. The monoisotopic (exact) mass is 319 g/mol. The van der Waals surface area contributed by atoms with Crippen molar-refractivity contribution in [3.63, 3.8) is 0 Å². The van der Waals surface area contributed by atoms with E-state index in [9.17, 15) is 14.9 Å². The number of amides is 2. The molecule has 0 radical (unpaired) electrons. The van der Waals surface area contributed by atoms with Gasteiger partial charge in [0.15, 0.2) is 0 Å². The van der Waals surface area contributed by atoms with Crippen LogP contribution in [0.15, 0.2) is 24.3 Å².